The molecule has 0 aliphatic carbocycles. The minimum absolute atomic E-state index is 0.0259. The summed E-state index contributed by atoms with van der Waals surface area (Å²) in [5, 5.41) is 5.17. The number of hydrogen-bond acceptors (Lipinski definition) is 4. The van der Waals surface area contributed by atoms with Gasteiger partial charge in [-0.25, -0.2) is 0 Å². The summed E-state index contributed by atoms with van der Waals surface area (Å²) in [4.78, 5) is 20.1. The van der Waals surface area contributed by atoms with Gasteiger partial charge in [-0.1, -0.05) is 37.2 Å². The fourth-order valence-electron chi connectivity index (χ4n) is 3.90. The molecule has 0 N–H and O–H groups in total. The molecule has 1 fully saturated rings. The van der Waals surface area contributed by atoms with Crippen molar-refractivity contribution < 1.29 is 9.32 Å². The van der Waals surface area contributed by atoms with Gasteiger partial charge in [0.15, 0.2) is 0 Å². The molecular weight excluding hydrogens is 338 g/mol. The van der Waals surface area contributed by atoms with Crippen LogP contribution in [0.5, 0.6) is 0 Å². The van der Waals surface area contributed by atoms with E-state index in [2.05, 4.69) is 24.0 Å². The van der Waals surface area contributed by atoms with Crippen molar-refractivity contribution in [1.82, 2.24) is 15.0 Å². The quantitative estimate of drug-likeness (QED) is 0.661. The molecule has 3 aromatic rings. The Kier molecular flexibility index (Phi) is 4.46. The Morgan fingerprint density at radius 1 is 1.26 bits per heavy atom. The van der Waals surface area contributed by atoms with Gasteiger partial charge >= 0.3 is 0 Å². The number of carbonyl (C=O) groups is 1. The summed E-state index contributed by atoms with van der Waals surface area (Å²) in [6.07, 6.45) is 1.89. The Balaban J connectivity index is 1.73. The summed E-state index contributed by atoms with van der Waals surface area (Å²) >= 11 is 0. The van der Waals surface area contributed by atoms with Gasteiger partial charge in [0.25, 0.3) is 5.91 Å². The van der Waals surface area contributed by atoms with Gasteiger partial charge in [-0.05, 0) is 38.3 Å². The van der Waals surface area contributed by atoms with Gasteiger partial charge in [0.1, 0.15) is 11.5 Å². The van der Waals surface area contributed by atoms with Gasteiger partial charge in [-0.3, -0.25) is 9.78 Å². The van der Waals surface area contributed by atoms with Crippen molar-refractivity contribution >= 4 is 16.8 Å². The first-order valence-electron chi connectivity index (χ1n) is 9.60. The Hall–Kier alpha value is -2.69. The van der Waals surface area contributed by atoms with Crippen LogP contribution in [0.25, 0.3) is 10.9 Å². The number of aryl methyl sites for hydroxylation is 2. The van der Waals surface area contributed by atoms with Crippen LogP contribution in [-0.4, -0.2) is 27.5 Å². The van der Waals surface area contributed by atoms with Crippen molar-refractivity contribution in [2.45, 2.75) is 52.5 Å². The number of nitrogens with zero attached hydrogens (tertiary/aromatic N) is 3. The largest absolute Gasteiger partial charge is 0.361 e. The molecule has 3 heterocycles. The van der Waals surface area contributed by atoms with Gasteiger partial charge in [0, 0.05) is 29.6 Å². The van der Waals surface area contributed by atoms with Gasteiger partial charge in [-0.15, -0.1) is 0 Å². The van der Waals surface area contributed by atoms with Gasteiger partial charge in [0.05, 0.1) is 17.1 Å². The van der Waals surface area contributed by atoms with Crippen molar-refractivity contribution in [3.63, 3.8) is 0 Å². The number of amides is 1. The monoisotopic (exact) mass is 363 g/mol. The van der Waals surface area contributed by atoms with Crippen LogP contribution >= 0.6 is 0 Å². The molecule has 0 saturated carbocycles. The van der Waals surface area contributed by atoms with E-state index in [4.69, 9.17) is 4.52 Å². The van der Waals surface area contributed by atoms with Crippen LogP contribution in [0.3, 0.4) is 0 Å². The lowest BCUT2D eigenvalue weighted by molar-refractivity contribution is 0.0732. The van der Waals surface area contributed by atoms with E-state index in [0.29, 0.717) is 0 Å². The standard InChI is InChI=1S/C22H25N3O2/c1-13(2)20-12-18(24-27-20)19-9-6-10-25(19)22(26)17-11-15(4)23-21-14(3)7-5-8-16(17)21/h5,7-8,11-13,19H,6,9-10H2,1-4H3/t19-/m1/s1. The van der Waals surface area contributed by atoms with Crippen molar-refractivity contribution in [3.05, 3.63) is 58.6 Å². The van der Waals surface area contributed by atoms with E-state index in [0.717, 1.165) is 58.6 Å². The minimum Gasteiger partial charge on any atom is -0.361 e. The Morgan fingerprint density at radius 3 is 2.81 bits per heavy atom. The first kappa shape index (κ1) is 17.7. The molecule has 27 heavy (non-hydrogen) atoms. The number of likely N-dealkylation sites (tertiary alicyclic amines) is 1. The summed E-state index contributed by atoms with van der Waals surface area (Å²) < 4.78 is 5.48. The van der Waals surface area contributed by atoms with E-state index in [1.165, 1.54) is 0 Å². The van der Waals surface area contributed by atoms with Crippen LogP contribution in [0, 0.1) is 13.8 Å². The molecule has 0 unspecified atom stereocenters. The second-order valence-electron chi connectivity index (χ2n) is 7.75. The van der Waals surface area contributed by atoms with Crippen molar-refractivity contribution in [3.8, 4) is 0 Å². The maximum Gasteiger partial charge on any atom is 0.255 e. The lowest BCUT2D eigenvalue weighted by Gasteiger charge is -2.24. The molecule has 4 rings (SSSR count). The summed E-state index contributed by atoms with van der Waals surface area (Å²) in [5.41, 5.74) is 4.43. The van der Waals surface area contributed by atoms with Crippen LogP contribution in [0.4, 0.5) is 0 Å². The highest BCUT2D eigenvalue weighted by molar-refractivity contribution is 6.07. The predicted octanol–water partition coefficient (Wildman–Crippen LogP) is 4.94. The van der Waals surface area contributed by atoms with E-state index >= 15 is 0 Å². The first-order chi connectivity index (χ1) is 13.0. The SMILES string of the molecule is Cc1cc(C(=O)N2CCC[C@@H]2c2cc(C(C)C)on2)c2cccc(C)c2n1. The number of benzene rings is 1. The maximum atomic E-state index is 13.5. The lowest BCUT2D eigenvalue weighted by atomic mass is 10.0. The minimum atomic E-state index is -0.0259. The van der Waals surface area contributed by atoms with Crippen molar-refractivity contribution in [1.29, 1.82) is 0 Å². The Labute approximate surface area is 159 Å². The lowest BCUT2D eigenvalue weighted by Crippen LogP contribution is -2.31. The van der Waals surface area contributed by atoms with Crippen LogP contribution in [0.2, 0.25) is 0 Å². The van der Waals surface area contributed by atoms with E-state index in [-0.39, 0.29) is 17.9 Å². The molecule has 140 valence electrons. The van der Waals surface area contributed by atoms with E-state index in [1.54, 1.807) is 0 Å². The second kappa shape index (κ2) is 6.80. The molecule has 5 nitrogen and oxygen atoms in total. The van der Waals surface area contributed by atoms with Crippen LogP contribution in [0.15, 0.2) is 34.9 Å². The summed E-state index contributed by atoms with van der Waals surface area (Å²) in [6, 6.07) is 9.88. The number of hydrogen-bond donors (Lipinski definition) is 0. The molecule has 1 atom stereocenters. The molecule has 2 aromatic heterocycles. The zero-order valence-corrected chi connectivity index (χ0v) is 16.3. The van der Waals surface area contributed by atoms with Gasteiger partial charge in [0.2, 0.25) is 0 Å². The number of carbonyl (C=O) groups excluding carboxylic acids is 1. The van der Waals surface area contributed by atoms with Crippen molar-refractivity contribution in [2.24, 2.45) is 0 Å². The molecule has 1 saturated heterocycles. The number of aromatic nitrogens is 2. The summed E-state index contributed by atoms with van der Waals surface area (Å²) in [6.45, 7) is 8.87. The Morgan fingerprint density at radius 2 is 2.07 bits per heavy atom. The smallest absolute Gasteiger partial charge is 0.255 e. The van der Waals surface area contributed by atoms with Crippen molar-refractivity contribution in [2.75, 3.05) is 6.54 Å². The molecule has 0 radical (unpaired) electrons. The molecule has 1 aliphatic rings. The molecule has 0 bridgehead atoms. The van der Waals surface area contributed by atoms with Gasteiger partial charge < -0.3 is 9.42 Å². The number of rotatable bonds is 3. The molecular formula is C22H25N3O2. The molecule has 5 heteroatoms. The Bertz CT molecular complexity index is 1010. The molecule has 1 aliphatic heterocycles. The number of pyridine rings is 1. The number of para-hydroxylation sites is 1. The average molecular weight is 363 g/mol. The highest BCUT2D eigenvalue weighted by Gasteiger charge is 2.33. The van der Waals surface area contributed by atoms with E-state index in [9.17, 15) is 4.79 Å². The average Bonchev–Trinajstić information content (AvgIpc) is 3.30. The van der Waals surface area contributed by atoms with E-state index < -0.39 is 0 Å². The molecule has 1 aromatic carbocycles. The third-order valence-electron chi connectivity index (χ3n) is 5.37. The highest BCUT2D eigenvalue weighted by atomic mass is 16.5. The third-order valence-corrected chi connectivity index (χ3v) is 5.37. The van der Waals surface area contributed by atoms with Crippen LogP contribution in [0.1, 0.15) is 71.7 Å². The fraction of sp³-hybridized carbons (Fsp3) is 0.409. The van der Waals surface area contributed by atoms with Crippen LogP contribution in [-0.2, 0) is 0 Å². The zero-order chi connectivity index (χ0) is 19.1. The van der Waals surface area contributed by atoms with E-state index in [1.807, 2.05) is 49.1 Å². The normalized spacial score (nSPS) is 17.2. The fourth-order valence-corrected chi connectivity index (χ4v) is 3.90. The zero-order valence-electron chi connectivity index (χ0n) is 16.3. The highest BCUT2D eigenvalue weighted by Crippen LogP contribution is 2.35. The predicted molar refractivity (Wildman–Crippen MR) is 105 cm³/mol. The second-order valence-corrected chi connectivity index (χ2v) is 7.75. The number of fused-ring (bicyclic) bond motifs is 1. The topological polar surface area (TPSA) is 59.2 Å². The van der Waals surface area contributed by atoms with Gasteiger partial charge in [-0.2, -0.15) is 0 Å². The molecule has 1 amide bonds. The molecule has 0 spiro atoms. The maximum absolute atomic E-state index is 13.5. The third kappa shape index (κ3) is 3.11. The summed E-state index contributed by atoms with van der Waals surface area (Å²) in [5.74, 6) is 1.20. The van der Waals surface area contributed by atoms with Crippen LogP contribution < -0.4 is 0 Å². The first-order valence-corrected chi connectivity index (χ1v) is 9.60. The summed E-state index contributed by atoms with van der Waals surface area (Å²) in [7, 11) is 0.